The fraction of sp³-hybridized carbons (Fsp3) is 0.950. The van der Waals surface area contributed by atoms with Gasteiger partial charge in [0.25, 0.3) is 0 Å². The van der Waals surface area contributed by atoms with Crippen molar-refractivity contribution < 1.29 is 9.53 Å². The van der Waals surface area contributed by atoms with Gasteiger partial charge in [-0.2, -0.15) is 0 Å². The van der Waals surface area contributed by atoms with E-state index in [0.717, 1.165) is 19.5 Å². The lowest BCUT2D eigenvalue weighted by Gasteiger charge is -2.58. The average molecular weight is 337 g/mol. The summed E-state index contributed by atoms with van der Waals surface area (Å²) in [5, 5.41) is 0. The zero-order valence-corrected chi connectivity index (χ0v) is 16.1. The summed E-state index contributed by atoms with van der Waals surface area (Å²) in [6.07, 6.45) is 7.39. The Bertz CT molecular complexity index is 486. The van der Waals surface area contributed by atoms with Crippen molar-refractivity contribution >= 4 is 5.97 Å². The second-order valence-electron chi connectivity index (χ2n) is 9.01. The third-order valence-corrected chi connectivity index (χ3v) is 8.25. The fourth-order valence-corrected chi connectivity index (χ4v) is 6.58. The second-order valence-corrected chi connectivity index (χ2v) is 9.01. The van der Waals surface area contributed by atoms with Crippen molar-refractivity contribution in [3.63, 3.8) is 0 Å². The van der Waals surface area contributed by atoms with Crippen molar-refractivity contribution in [1.29, 1.82) is 0 Å². The molecule has 0 aromatic carbocycles. The molecule has 138 valence electrons. The van der Waals surface area contributed by atoms with Gasteiger partial charge >= 0.3 is 5.97 Å². The van der Waals surface area contributed by atoms with E-state index in [2.05, 4.69) is 25.7 Å². The Balaban J connectivity index is 2.07. The molecule has 2 bridgehead atoms. The largest absolute Gasteiger partial charge is 0.466 e. The number of hydrogen-bond donors (Lipinski definition) is 1. The Hall–Kier alpha value is -0.610. The molecule has 3 fully saturated rings. The van der Waals surface area contributed by atoms with E-state index in [1.807, 2.05) is 6.92 Å². The van der Waals surface area contributed by atoms with E-state index in [1.54, 1.807) is 0 Å². The summed E-state index contributed by atoms with van der Waals surface area (Å²) >= 11 is 0. The Labute approximate surface area is 147 Å². The molecule has 0 spiro atoms. The van der Waals surface area contributed by atoms with Crippen LogP contribution in [0.3, 0.4) is 0 Å². The molecule has 0 unspecified atom stereocenters. The van der Waals surface area contributed by atoms with E-state index in [1.165, 1.54) is 32.1 Å². The highest BCUT2D eigenvalue weighted by atomic mass is 16.5. The molecule has 2 N–H and O–H groups in total. The predicted molar refractivity (Wildman–Crippen MR) is 96.6 cm³/mol. The van der Waals surface area contributed by atoms with Gasteiger partial charge in [0.15, 0.2) is 0 Å². The molecule has 2 aliphatic carbocycles. The van der Waals surface area contributed by atoms with Crippen molar-refractivity contribution in [1.82, 2.24) is 4.90 Å². The van der Waals surface area contributed by atoms with Crippen molar-refractivity contribution in [3.8, 4) is 0 Å². The molecule has 3 aliphatic rings. The van der Waals surface area contributed by atoms with Gasteiger partial charge in [0.2, 0.25) is 0 Å². The summed E-state index contributed by atoms with van der Waals surface area (Å²) in [5.74, 6) is 0.410. The van der Waals surface area contributed by atoms with E-state index < -0.39 is 0 Å². The number of carbonyl (C=O) groups excluding carboxylic acids is 1. The molecule has 0 amide bonds. The summed E-state index contributed by atoms with van der Waals surface area (Å²) in [6, 6.07) is 0. The molecule has 1 heterocycles. The zero-order valence-electron chi connectivity index (χ0n) is 16.1. The van der Waals surface area contributed by atoms with Gasteiger partial charge in [0.1, 0.15) is 0 Å². The van der Waals surface area contributed by atoms with Crippen molar-refractivity contribution in [2.45, 2.75) is 71.8 Å². The molecule has 2 saturated carbocycles. The number of likely N-dealkylation sites (tertiary alicyclic amines) is 1. The van der Waals surface area contributed by atoms with E-state index in [-0.39, 0.29) is 28.3 Å². The zero-order chi connectivity index (χ0) is 17.6. The first-order valence-corrected chi connectivity index (χ1v) is 9.97. The number of piperidine rings is 1. The highest BCUT2D eigenvalue weighted by molar-refractivity contribution is 5.75. The number of nitrogens with two attached hydrogens (primary N) is 1. The molecule has 4 nitrogen and oxygen atoms in total. The van der Waals surface area contributed by atoms with Gasteiger partial charge in [0.05, 0.1) is 12.5 Å². The topological polar surface area (TPSA) is 55.6 Å². The van der Waals surface area contributed by atoms with Crippen LogP contribution in [0.2, 0.25) is 0 Å². The van der Waals surface area contributed by atoms with Crippen molar-refractivity contribution in [2.24, 2.45) is 28.4 Å². The summed E-state index contributed by atoms with van der Waals surface area (Å²) in [4.78, 5) is 15.6. The summed E-state index contributed by atoms with van der Waals surface area (Å²) in [6.45, 7) is 12.2. The lowest BCUT2D eigenvalue weighted by atomic mass is 9.57. The van der Waals surface area contributed by atoms with Crippen molar-refractivity contribution in [2.75, 3.05) is 26.2 Å². The lowest BCUT2D eigenvalue weighted by molar-refractivity contribution is -0.164. The first-order valence-electron chi connectivity index (χ1n) is 9.97. The lowest BCUT2D eigenvalue weighted by Crippen LogP contribution is -2.67. The summed E-state index contributed by atoms with van der Waals surface area (Å²) in [5.41, 5.74) is 6.48. The molecule has 4 heteroatoms. The molecule has 24 heavy (non-hydrogen) atoms. The van der Waals surface area contributed by atoms with Crippen LogP contribution in [0.25, 0.3) is 0 Å². The molecule has 0 aromatic heterocycles. The van der Waals surface area contributed by atoms with Crippen molar-refractivity contribution in [3.05, 3.63) is 0 Å². The molecule has 1 saturated heterocycles. The minimum Gasteiger partial charge on any atom is -0.466 e. The number of nitrogens with zero attached hydrogens (tertiary/aromatic N) is 1. The van der Waals surface area contributed by atoms with Gasteiger partial charge in [-0.05, 0) is 68.9 Å². The Morgan fingerprint density at radius 3 is 2.38 bits per heavy atom. The Morgan fingerprint density at radius 1 is 1.25 bits per heavy atom. The van der Waals surface area contributed by atoms with Gasteiger partial charge < -0.3 is 10.5 Å². The standard InChI is InChI=1S/C20H36N2O2/c1-5-24-17(23)16(14-21)20(22-11-7-6-8-12-22)13-15-9-10-19(20,4)18(15,2)3/h15-16H,5-14,21H2,1-4H3/t15-,16-,19+,20+/m1/s1. The van der Waals surface area contributed by atoms with Crippen LogP contribution in [0.4, 0.5) is 0 Å². The van der Waals surface area contributed by atoms with Crippen LogP contribution in [-0.4, -0.2) is 42.6 Å². The first kappa shape index (κ1) is 18.2. The number of ether oxygens (including phenoxy) is 1. The minimum atomic E-state index is -0.204. The van der Waals surface area contributed by atoms with Gasteiger partial charge in [-0.25, -0.2) is 0 Å². The van der Waals surface area contributed by atoms with E-state index in [0.29, 0.717) is 19.1 Å². The third kappa shape index (κ3) is 2.21. The van der Waals surface area contributed by atoms with Gasteiger partial charge in [0, 0.05) is 12.1 Å². The van der Waals surface area contributed by atoms with Crippen LogP contribution < -0.4 is 5.73 Å². The highest BCUT2D eigenvalue weighted by Gasteiger charge is 2.73. The maximum atomic E-state index is 12.9. The van der Waals surface area contributed by atoms with Crippen LogP contribution in [-0.2, 0) is 9.53 Å². The Kier molecular flexibility index (Phi) is 4.76. The first-order chi connectivity index (χ1) is 11.3. The average Bonchev–Trinajstić information content (AvgIpc) is 2.89. The number of esters is 1. The van der Waals surface area contributed by atoms with Crippen LogP contribution in [0.1, 0.15) is 66.2 Å². The van der Waals surface area contributed by atoms with Gasteiger partial charge in [-0.15, -0.1) is 0 Å². The van der Waals surface area contributed by atoms with Crippen LogP contribution >= 0.6 is 0 Å². The maximum Gasteiger partial charge on any atom is 0.312 e. The summed E-state index contributed by atoms with van der Waals surface area (Å²) < 4.78 is 5.50. The highest BCUT2D eigenvalue weighted by Crippen LogP contribution is 2.73. The SMILES string of the molecule is CCOC(=O)[C@@H](CN)[C@@]1(N2CCCCC2)C[C@H]2CC[C@@]1(C)C2(C)C. The maximum absolute atomic E-state index is 12.9. The van der Waals surface area contributed by atoms with Crippen LogP contribution in [0, 0.1) is 22.7 Å². The monoisotopic (exact) mass is 336 g/mol. The molecular formula is C20H36N2O2. The molecular weight excluding hydrogens is 300 g/mol. The molecule has 4 atom stereocenters. The van der Waals surface area contributed by atoms with Crippen LogP contribution in [0.15, 0.2) is 0 Å². The molecule has 0 aromatic rings. The third-order valence-electron chi connectivity index (χ3n) is 8.25. The number of hydrogen-bond acceptors (Lipinski definition) is 4. The van der Waals surface area contributed by atoms with E-state index in [9.17, 15) is 4.79 Å². The van der Waals surface area contributed by atoms with E-state index >= 15 is 0 Å². The number of carbonyl (C=O) groups is 1. The second kappa shape index (κ2) is 6.28. The molecule has 1 aliphatic heterocycles. The van der Waals surface area contributed by atoms with E-state index in [4.69, 9.17) is 10.5 Å². The molecule has 0 radical (unpaired) electrons. The molecule has 3 rings (SSSR count). The van der Waals surface area contributed by atoms with Crippen LogP contribution in [0.5, 0.6) is 0 Å². The normalized spacial score (nSPS) is 39.8. The van der Waals surface area contributed by atoms with Gasteiger partial charge in [-0.1, -0.05) is 27.2 Å². The predicted octanol–water partition coefficient (Wildman–Crippen LogP) is 3.20. The summed E-state index contributed by atoms with van der Waals surface area (Å²) in [7, 11) is 0. The quantitative estimate of drug-likeness (QED) is 0.783. The Morgan fingerprint density at radius 2 is 1.92 bits per heavy atom. The number of fused-ring (bicyclic) bond motifs is 2. The smallest absolute Gasteiger partial charge is 0.312 e. The minimum absolute atomic E-state index is 0.0739. The number of rotatable bonds is 5. The fourth-order valence-electron chi connectivity index (χ4n) is 6.58. The van der Waals surface area contributed by atoms with Gasteiger partial charge in [-0.3, -0.25) is 9.69 Å².